The van der Waals surface area contributed by atoms with Crippen molar-refractivity contribution in [1.82, 2.24) is 20.1 Å². The van der Waals surface area contributed by atoms with Crippen LogP contribution in [0.5, 0.6) is 0 Å². The van der Waals surface area contributed by atoms with Crippen LogP contribution < -0.4 is 10.0 Å². The zero-order valence-corrected chi connectivity index (χ0v) is 22.8. The first-order chi connectivity index (χ1) is 17.6. The van der Waals surface area contributed by atoms with Gasteiger partial charge in [0.1, 0.15) is 17.4 Å². The van der Waals surface area contributed by atoms with Crippen molar-refractivity contribution in [2.24, 2.45) is 5.92 Å². The number of hydrogen-bond acceptors (Lipinski definition) is 7. The molecule has 0 bridgehead atoms. The first-order valence-corrected chi connectivity index (χ1v) is 15.5. The Balaban J connectivity index is 1.43. The molecule has 1 spiro atoms. The van der Waals surface area contributed by atoms with Crippen LogP contribution in [0.4, 0.5) is 5.82 Å². The van der Waals surface area contributed by atoms with Gasteiger partial charge in [-0.15, -0.1) is 0 Å². The van der Waals surface area contributed by atoms with Crippen LogP contribution in [-0.4, -0.2) is 83.7 Å². The Labute approximate surface area is 220 Å². The molecule has 3 N–H and O–H groups in total. The van der Waals surface area contributed by atoms with E-state index in [4.69, 9.17) is 0 Å². The van der Waals surface area contributed by atoms with Gasteiger partial charge in [-0.05, 0) is 49.7 Å². The second-order valence-corrected chi connectivity index (χ2v) is 12.7. The Morgan fingerprint density at radius 2 is 1.89 bits per heavy atom. The number of rotatable bonds is 9. The van der Waals surface area contributed by atoms with Gasteiger partial charge in [0.2, 0.25) is 21.8 Å². The van der Waals surface area contributed by atoms with E-state index in [0.717, 1.165) is 56.8 Å². The highest BCUT2D eigenvalue weighted by molar-refractivity contribution is 7.92. The lowest BCUT2D eigenvalue weighted by Gasteiger charge is -2.52. The molecule has 11 heteroatoms. The lowest BCUT2D eigenvalue weighted by Crippen LogP contribution is -2.75. The number of piperidine rings is 1. The Morgan fingerprint density at radius 1 is 1.19 bits per heavy atom. The number of amides is 2. The fourth-order valence-electron chi connectivity index (χ4n) is 6.06. The first-order valence-electron chi connectivity index (χ1n) is 13.6. The molecule has 1 aromatic heterocycles. The first kappa shape index (κ1) is 27.8. The minimum Gasteiger partial charge on any atom is -0.390 e. The van der Waals surface area contributed by atoms with Crippen LogP contribution in [0, 0.1) is 5.92 Å². The monoisotopic (exact) mass is 535 g/mol. The van der Waals surface area contributed by atoms with Gasteiger partial charge < -0.3 is 15.3 Å². The smallest absolute Gasteiger partial charge is 0.248 e. The van der Waals surface area contributed by atoms with E-state index in [-0.39, 0.29) is 23.6 Å². The largest absolute Gasteiger partial charge is 0.390 e. The van der Waals surface area contributed by atoms with Crippen molar-refractivity contribution in [3.8, 4) is 0 Å². The van der Waals surface area contributed by atoms with E-state index in [1.165, 1.54) is 0 Å². The third-order valence-corrected chi connectivity index (χ3v) is 8.75. The van der Waals surface area contributed by atoms with Gasteiger partial charge in [0, 0.05) is 32.4 Å². The van der Waals surface area contributed by atoms with Gasteiger partial charge in [0.15, 0.2) is 0 Å². The molecule has 4 rings (SSSR count). The minimum atomic E-state index is -3.38. The summed E-state index contributed by atoms with van der Waals surface area (Å²) in [4.78, 5) is 35.5. The lowest BCUT2D eigenvalue weighted by molar-refractivity contribution is -0.166. The number of hydrogen-bond donors (Lipinski definition) is 3. The summed E-state index contributed by atoms with van der Waals surface area (Å²) in [5.41, 5.74) is 0.0604. The molecular weight excluding hydrogens is 494 g/mol. The summed E-state index contributed by atoms with van der Waals surface area (Å²) in [7, 11) is -3.38. The van der Waals surface area contributed by atoms with Crippen LogP contribution in [0.3, 0.4) is 0 Å². The van der Waals surface area contributed by atoms with Crippen molar-refractivity contribution in [3.63, 3.8) is 0 Å². The summed E-state index contributed by atoms with van der Waals surface area (Å²) in [5, 5.41) is 14.0. The summed E-state index contributed by atoms with van der Waals surface area (Å²) >= 11 is 0. The van der Waals surface area contributed by atoms with Gasteiger partial charge in [-0.2, -0.15) is 0 Å². The Bertz CT molecular complexity index is 1050. The Kier molecular flexibility index (Phi) is 8.75. The van der Waals surface area contributed by atoms with Crippen molar-refractivity contribution in [1.29, 1.82) is 0 Å². The SMILES string of the molecule is CCCCN1C(=O)[C@@H]([C@H](O)C2CCCCC2)NC(=O)C12CCN(Cc1ccc(NS(C)(=O)=O)nc1)CC2. The van der Waals surface area contributed by atoms with E-state index in [2.05, 4.69) is 26.8 Å². The molecule has 10 nitrogen and oxygen atoms in total. The maximum Gasteiger partial charge on any atom is 0.248 e. The normalized spacial score (nSPS) is 24.2. The van der Waals surface area contributed by atoms with Gasteiger partial charge in [0.05, 0.1) is 12.4 Å². The van der Waals surface area contributed by atoms with Crippen LogP contribution in [0.15, 0.2) is 18.3 Å². The number of sulfonamides is 1. The van der Waals surface area contributed by atoms with Gasteiger partial charge in [-0.3, -0.25) is 19.2 Å². The Hall–Kier alpha value is -2.24. The number of pyridine rings is 1. The van der Waals surface area contributed by atoms with Crippen molar-refractivity contribution in [2.75, 3.05) is 30.6 Å². The van der Waals surface area contributed by atoms with Gasteiger partial charge >= 0.3 is 0 Å². The van der Waals surface area contributed by atoms with E-state index in [0.29, 0.717) is 39.0 Å². The van der Waals surface area contributed by atoms with E-state index >= 15 is 0 Å². The second-order valence-electron chi connectivity index (χ2n) is 10.9. The van der Waals surface area contributed by atoms with Crippen molar-refractivity contribution in [2.45, 2.75) is 88.9 Å². The average molecular weight is 536 g/mol. The number of piperazine rings is 1. The quantitative estimate of drug-likeness (QED) is 0.440. The number of anilines is 1. The predicted octanol–water partition coefficient (Wildman–Crippen LogP) is 1.86. The summed E-state index contributed by atoms with van der Waals surface area (Å²) in [6.45, 7) is 4.50. The van der Waals surface area contributed by atoms with Crippen LogP contribution in [0.2, 0.25) is 0 Å². The zero-order chi connectivity index (χ0) is 26.6. The molecule has 1 aliphatic carbocycles. The number of aliphatic hydroxyl groups excluding tert-OH is 1. The van der Waals surface area contributed by atoms with Crippen LogP contribution in [-0.2, 0) is 26.2 Å². The van der Waals surface area contributed by atoms with Crippen LogP contribution in [0.1, 0.15) is 70.3 Å². The molecule has 2 atom stereocenters. The third-order valence-electron chi connectivity index (χ3n) is 8.17. The second kappa shape index (κ2) is 11.7. The number of nitrogens with zero attached hydrogens (tertiary/aromatic N) is 3. The highest BCUT2D eigenvalue weighted by Crippen LogP contribution is 2.36. The van der Waals surface area contributed by atoms with Crippen molar-refractivity contribution in [3.05, 3.63) is 23.9 Å². The number of aromatic nitrogens is 1. The molecule has 2 aliphatic heterocycles. The molecular formula is C26H41N5O5S. The molecule has 37 heavy (non-hydrogen) atoms. The Morgan fingerprint density at radius 3 is 2.49 bits per heavy atom. The molecule has 0 aromatic carbocycles. The average Bonchev–Trinajstić information content (AvgIpc) is 2.88. The van der Waals surface area contributed by atoms with E-state index in [9.17, 15) is 23.1 Å². The molecule has 2 amide bonds. The van der Waals surface area contributed by atoms with Gasteiger partial charge in [-0.1, -0.05) is 38.7 Å². The maximum absolute atomic E-state index is 13.7. The molecule has 2 saturated heterocycles. The molecule has 0 radical (unpaired) electrons. The summed E-state index contributed by atoms with van der Waals surface area (Å²) in [5.74, 6) is 0.0515. The van der Waals surface area contributed by atoms with E-state index in [1.54, 1.807) is 17.2 Å². The van der Waals surface area contributed by atoms with Gasteiger partial charge in [0.25, 0.3) is 0 Å². The van der Waals surface area contributed by atoms with Gasteiger partial charge in [-0.25, -0.2) is 13.4 Å². The van der Waals surface area contributed by atoms with E-state index < -0.39 is 27.7 Å². The highest BCUT2D eigenvalue weighted by Gasteiger charge is 2.55. The number of unbranched alkanes of at least 4 members (excludes halogenated alkanes) is 1. The number of nitrogens with one attached hydrogen (secondary N) is 2. The number of likely N-dealkylation sites (tertiary alicyclic amines) is 1. The minimum absolute atomic E-state index is 0.0551. The van der Waals surface area contributed by atoms with E-state index in [1.807, 2.05) is 6.07 Å². The number of aliphatic hydroxyl groups is 1. The third kappa shape index (κ3) is 6.43. The zero-order valence-electron chi connectivity index (χ0n) is 22.0. The summed E-state index contributed by atoms with van der Waals surface area (Å²) in [6.07, 6.45) is 9.76. The summed E-state index contributed by atoms with van der Waals surface area (Å²) in [6, 6.07) is 2.62. The lowest BCUT2D eigenvalue weighted by atomic mass is 9.78. The predicted molar refractivity (Wildman–Crippen MR) is 141 cm³/mol. The molecule has 3 heterocycles. The van der Waals surface area contributed by atoms with Crippen LogP contribution >= 0.6 is 0 Å². The molecule has 1 saturated carbocycles. The molecule has 3 aliphatic rings. The molecule has 3 fully saturated rings. The van der Waals surface area contributed by atoms with Crippen molar-refractivity contribution < 1.29 is 23.1 Å². The molecule has 1 aromatic rings. The molecule has 206 valence electrons. The van der Waals surface area contributed by atoms with Crippen molar-refractivity contribution >= 4 is 27.7 Å². The topological polar surface area (TPSA) is 132 Å². The summed E-state index contributed by atoms with van der Waals surface area (Å²) < 4.78 is 25.2. The number of carbonyl (C=O) groups is 2. The standard InChI is InChI=1S/C26H41N5O5S/c1-3-4-14-31-24(33)22(23(32)20-8-6-5-7-9-20)28-25(34)26(31)12-15-30(16-13-26)18-19-10-11-21(27-17-19)29-37(2,35)36/h10-11,17,20,22-23,32H,3-9,12-16,18H2,1-2H3,(H,27,29)(H,28,34)/t22-,23-/m1/s1. The number of carbonyl (C=O) groups excluding carboxylic acids is 2. The fourth-order valence-corrected chi connectivity index (χ4v) is 6.56. The fraction of sp³-hybridized carbons (Fsp3) is 0.731. The van der Waals surface area contributed by atoms with Crippen LogP contribution in [0.25, 0.3) is 0 Å². The maximum atomic E-state index is 13.7. The molecule has 0 unspecified atom stereocenters. The highest BCUT2D eigenvalue weighted by atomic mass is 32.2.